The number of hydrogen-bond acceptors (Lipinski definition) is 4. The number of hydrogen-bond donors (Lipinski definition) is 2. The third-order valence-corrected chi connectivity index (χ3v) is 6.82. The molecule has 0 amide bonds. The van der Waals surface area contributed by atoms with E-state index in [1.165, 1.54) is 12.8 Å². The molecule has 1 aliphatic carbocycles. The number of morpholine rings is 1. The zero-order valence-corrected chi connectivity index (χ0v) is 16.8. The van der Waals surface area contributed by atoms with Crippen LogP contribution in [0.4, 0.5) is 0 Å². The second-order valence-electron chi connectivity index (χ2n) is 7.49. The predicted molar refractivity (Wildman–Crippen MR) is 101 cm³/mol. The minimum atomic E-state index is -3.29. The largest absolute Gasteiger partial charge is 0.373 e. The van der Waals surface area contributed by atoms with Crippen molar-refractivity contribution in [3.63, 3.8) is 0 Å². The van der Waals surface area contributed by atoms with Crippen molar-refractivity contribution in [1.82, 2.24) is 14.9 Å². The molecule has 0 bridgehead atoms. The van der Waals surface area contributed by atoms with Crippen LogP contribution in [0.15, 0.2) is 4.99 Å². The van der Waals surface area contributed by atoms with Crippen molar-refractivity contribution in [3.05, 3.63) is 0 Å². The number of nitrogens with zero attached hydrogens (tertiary/aromatic N) is 2. The van der Waals surface area contributed by atoms with Crippen LogP contribution in [0.2, 0.25) is 0 Å². The van der Waals surface area contributed by atoms with E-state index in [1.807, 2.05) is 13.8 Å². The molecule has 7 nitrogen and oxygen atoms in total. The number of sulfonamides is 1. The molecule has 0 aromatic heterocycles. The molecule has 2 rings (SSSR count). The predicted octanol–water partition coefficient (Wildman–Crippen LogP) is 1.17. The van der Waals surface area contributed by atoms with Gasteiger partial charge in [-0.3, -0.25) is 4.99 Å². The molecule has 2 atom stereocenters. The van der Waals surface area contributed by atoms with E-state index < -0.39 is 10.0 Å². The first-order valence-electron chi connectivity index (χ1n) is 9.40. The van der Waals surface area contributed by atoms with Crippen molar-refractivity contribution in [2.24, 2.45) is 10.9 Å². The van der Waals surface area contributed by atoms with Crippen LogP contribution in [0.3, 0.4) is 0 Å². The van der Waals surface area contributed by atoms with E-state index in [0.29, 0.717) is 31.6 Å². The van der Waals surface area contributed by atoms with Crippen molar-refractivity contribution < 1.29 is 13.2 Å². The average Bonchev–Trinajstić information content (AvgIpc) is 2.55. The first-order chi connectivity index (χ1) is 11.8. The monoisotopic (exact) mass is 374 g/mol. The third-order valence-electron chi connectivity index (χ3n) is 5.01. The van der Waals surface area contributed by atoms with Gasteiger partial charge in [-0.1, -0.05) is 6.92 Å². The molecular formula is C17H34N4O3S. The highest BCUT2D eigenvalue weighted by Crippen LogP contribution is 2.23. The zero-order chi connectivity index (χ0) is 18.4. The Morgan fingerprint density at radius 3 is 2.28 bits per heavy atom. The molecule has 0 aromatic rings. The highest BCUT2D eigenvalue weighted by molar-refractivity contribution is 7.89. The summed E-state index contributed by atoms with van der Waals surface area (Å²) in [5, 5.41) is 6.56. The van der Waals surface area contributed by atoms with Gasteiger partial charge in [-0.05, 0) is 45.4 Å². The number of rotatable bonds is 5. The summed E-state index contributed by atoms with van der Waals surface area (Å²) in [5.74, 6) is 1.56. The van der Waals surface area contributed by atoms with Crippen LogP contribution in [0.5, 0.6) is 0 Å². The Morgan fingerprint density at radius 1 is 1.12 bits per heavy atom. The molecule has 1 saturated carbocycles. The van der Waals surface area contributed by atoms with Crippen molar-refractivity contribution in [2.45, 2.75) is 64.7 Å². The van der Waals surface area contributed by atoms with Crippen LogP contribution in [0.1, 0.15) is 46.5 Å². The molecular weight excluding hydrogens is 340 g/mol. The van der Waals surface area contributed by atoms with Gasteiger partial charge in [0, 0.05) is 32.7 Å². The molecule has 25 heavy (non-hydrogen) atoms. The van der Waals surface area contributed by atoms with Gasteiger partial charge in [0.05, 0.1) is 18.0 Å². The number of guanidine groups is 1. The summed E-state index contributed by atoms with van der Waals surface area (Å²) >= 11 is 0. The number of nitrogens with one attached hydrogen (secondary N) is 2. The molecule has 2 N–H and O–H groups in total. The third kappa shape index (κ3) is 6.42. The van der Waals surface area contributed by atoms with Crippen LogP contribution < -0.4 is 10.6 Å². The first kappa shape index (κ1) is 20.5. The van der Waals surface area contributed by atoms with Crippen LogP contribution in [0, 0.1) is 5.92 Å². The quantitative estimate of drug-likeness (QED) is 0.557. The molecule has 1 aliphatic heterocycles. The fourth-order valence-electron chi connectivity index (χ4n) is 3.58. The Bertz CT molecular complexity index is 534. The normalized spacial score (nSPS) is 32.4. The highest BCUT2D eigenvalue weighted by atomic mass is 32.2. The van der Waals surface area contributed by atoms with Gasteiger partial charge >= 0.3 is 0 Å². The lowest BCUT2D eigenvalue weighted by Gasteiger charge is -2.34. The average molecular weight is 375 g/mol. The summed E-state index contributed by atoms with van der Waals surface area (Å²) in [6.45, 7) is 7.33. The standard InChI is InChI=1S/C17H34N4O3S/c1-13-5-7-16(8-6-13)20-17(18-4)19-9-10-25(22,23)21-11-14(2)24-15(3)12-21/h13-16H,5-12H2,1-4H3,(H2,18,19,20). The highest BCUT2D eigenvalue weighted by Gasteiger charge is 2.30. The molecule has 2 unspecified atom stereocenters. The lowest BCUT2D eigenvalue weighted by atomic mass is 9.87. The van der Waals surface area contributed by atoms with Gasteiger partial charge in [0.15, 0.2) is 5.96 Å². The smallest absolute Gasteiger partial charge is 0.216 e. The molecule has 0 aromatic carbocycles. The van der Waals surface area contributed by atoms with Crippen LogP contribution >= 0.6 is 0 Å². The van der Waals surface area contributed by atoms with Gasteiger partial charge in [-0.25, -0.2) is 8.42 Å². The fraction of sp³-hybridized carbons (Fsp3) is 0.941. The minimum absolute atomic E-state index is 0.0605. The summed E-state index contributed by atoms with van der Waals surface area (Å²) in [6.07, 6.45) is 4.63. The molecule has 1 saturated heterocycles. The lowest BCUT2D eigenvalue weighted by Crippen LogP contribution is -2.50. The van der Waals surface area contributed by atoms with Crippen LogP contribution in [-0.2, 0) is 14.8 Å². The Kier molecular flexibility index (Phi) is 7.51. The van der Waals surface area contributed by atoms with E-state index in [1.54, 1.807) is 11.4 Å². The van der Waals surface area contributed by atoms with Gasteiger partial charge in [-0.2, -0.15) is 4.31 Å². The molecule has 0 radical (unpaired) electrons. The second-order valence-corrected chi connectivity index (χ2v) is 9.58. The van der Waals surface area contributed by atoms with Gasteiger partial charge in [0.1, 0.15) is 0 Å². The van der Waals surface area contributed by atoms with E-state index >= 15 is 0 Å². The van der Waals surface area contributed by atoms with Gasteiger partial charge in [0.2, 0.25) is 10.0 Å². The van der Waals surface area contributed by atoms with Crippen molar-refractivity contribution in [2.75, 3.05) is 32.4 Å². The molecule has 1 heterocycles. The maximum atomic E-state index is 12.5. The van der Waals surface area contributed by atoms with E-state index in [4.69, 9.17) is 4.74 Å². The minimum Gasteiger partial charge on any atom is -0.373 e. The summed E-state index contributed by atoms with van der Waals surface area (Å²) in [6, 6.07) is 0.431. The van der Waals surface area contributed by atoms with E-state index in [2.05, 4.69) is 22.5 Å². The maximum absolute atomic E-state index is 12.5. The Labute approximate surface area is 152 Å². The Hall–Kier alpha value is -0.860. The molecule has 2 fully saturated rings. The summed E-state index contributed by atoms with van der Waals surface area (Å²) in [7, 11) is -1.56. The van der Waals surface area contributed by atoms with Crippen molar-refractivity contribution in [3.8, 4) is 0 Å². The summed E-state index contributed by atoms with van der Waals surface area (Å²) < 4.78 is 32.2. The van der Waals surface area contributed by atoms with Crippen LogP contribution in [-0.4, -0.2) is 69.4 Å². The second kappa shape index (κ2) is 9.19. The van der Waals surface area contributed by atoms with Crippen LogP contribution in [0.25, 0.3) is 0 Å². The first-order valence-corrected chi connectivity index (χ1v) is 11.0. The Morgan fingerprint density at radius 2 is 1.72 bits per heavy atom. The topological polar surface area (TPSA) is 83.0 Å². The summed E-state index contributed by atoms with van der Waals surface area (Å²) in [4.78, 5) is 4.22. The summed E-state index contributed by atoms with van der Waals surface area (Å²) in [5.41, 5.74) is 0. The lowest BCUT2D eigenvalue weighted by molar-refractivity contribution is -0.0440. The number of ether oxygens (including phenoxy) is 1. The van der Waals surface area contributed by atoms with E-state index in [-0.39, 0.29) is 18.0 Å². The van der Waals surface area contributed by atoms with E-state index in [9.17, 15) is 8.42 Å². The Balaban J connectivity index is 1.77. The molecule has 146 valence electrons. The molecule has 0 spiro atoms. The SMILES string of the molecule is CN=C(NCCS(=O)(=O)N1CC(C)OC(C)C1)NC1CCC(C)CC1. The zero-order valence-electron chi connectivity index (χ0n) is 16.0. The fourth-order valence-corrected chi connectivity index (χ4v) is 5.07. The number of aliphatic imine (C=N–C) groups is 1. The maximum Gasteiger partial charge on any atom is 0.216 e. The van der Waals surface area contributed by atoms with Crippen molar-refractivity contribution in [1.29, 1.82) is 0 Å². The van der Waals surface area contributed by atoms with E-state index in [0.717, 1.165) is 18.8 Å². The van der Waals surface area contributed by atoms with Gasteiger partial charge in [-0.15, -0.1) is 0 Å². The molecule has 8 heteroatoms. The van der Waals surface area contributed by atoms with Crippen molar-refractivity contribution >= 4 is 16.0 Å². The van der Waals surface area contributed by atoms with Gasteiger partial charge < -0.3 is 15.4 Å². The molecule has 2 aliphatic rings. The van der Waals surface area contributed by atoms with Gasteiger partial charge in [0.25, 0.3) is 0 Å².